The molecule has 126 valence electrons. The highest BCUT2D eigenvalue weighted by molar-refractivity contribution is 5.89. The Morgan fingerprint density at radius 2 is 1.78 bits per heavy atom. The van der Waals surface area contributed by atoms with Crippen LogP contribution in [0.4, 0.5) is 11.4 Å². The number of hydrogen-bond acceptors (Lipinski definition) is 3. The monoisotopic (exact) mass is 317 g/mol. The van der Waals surface area contributed by atoms with Crippen LogP contribution in [0.5, 0.6) is 0 Å². The fourth-order valence-corrected chi connectivity index (χ4v) is 2.95. The highest BCUT2D eigenvalue weighted by Gasteiger charge is 2.14. The molecule has 2 rings (SSSR count). The van der Waals surface area contributed by atoms with E-state index in [0.717, 1.165) is 24.2 Å². The van der Waals surface area contributed by atoms with E-state index >= 15 is 0 Å². The van der Waals surface area contributed by atoms with Crippen LogP contribution in [-0.4, -0.2) is 24.4 Å². The zero-order valence-electron chi connectivity index (χ0n) is 13.9. The van der Waals surface area contributed by atoms with Gasteiger partial charge in [0, 0.05) is 37.3 Å². The molecule has 1 aliphatic carbocycles. The second-order valence-electron chi connectivity index (χ2n) is 6.19. The smallest absolute Gasteiger partial charge is 0.221 e. The lowest BCUT2D eigenvalue weighted by molar-refractivity contribution is -0.121. The molecule has 1 aromatic carbocycles. The molecule has 0 bridgehead atoms. The summed E-state index contributed by atoms with van der Waals surface area (Å²) in [4.78, 5) is 23.1. The molecular weight excluding hydrogens is 290 g/mol. The Hall–Kier alpha value is -2.04. The Balaban J connectivity index is 1.71. The predicted octanol–water partition coefficient (Wildman–Crippen LogP) is 3.29. The van der Waals surface area contributed by atoms with Crippen LogP contribution in [0.25, 0.3) is 0 Å². The Bertz CT molecular complexity index is 523. The van der Waals surface area contributed by atoms with E-state index in [0.29, 0.717) is 19.0 Å². The summed E-state index contributed by atoms with van der Waals surface area (Å²) in [5, 5.41) is 9.12. The first kappa shape index (κ1) is 17.3. The third-order valence-electron chi connectivity index (χ3n) is 4.08. The normalized spacial score (nSPS) is 15.5. The number of hydrogen-bond donors (Lipinski definition) is 3. The first-order chi connectivity index (χ1) is 11.1. The summed E-state index contributed by atoms with van der Waals surface area (Å²) >= 11 is 0. The van der Waals surface area contributed by atoms with Gasteiger partial charge >= 0.3 is 0 Å². The van der Waals surface area contributed by atoms with Gasteiger partial charge in [-0.1, -0.05) is 31.7 Å². The van der Waals surface area contributed by atoms with Crippen molar-refractivity contribution in [2.45, 2.75) is 57.9 Å². The molecule has 0 atom stereocenters. The van der Waals surface area contributed by atoms with Crippen LogP contribution in [0.3, 0.4) is 0 Å². The summed E-state index contributed by atoms with van der Waals surface area (Å²) in [6.07, 6.45) is 7.70. The number of benzene rings is 1. The van der Waals surface area contributed by atoms with E-state index in [1.807, 2.05) is 24.3 Å². The molecule has 5 nitrogen and oxygen atoms in total. The molecule has 0 aliphatic heterocycles. The molecule has 0 heterocycles. The largest absolute Gasteiger partial charge is 0.384 e. The van der Waals surface area contributed by atoms with Gasteiger partial charge < -0.3 is 16.0 Å². The third-order valence-corrected chi connectivity index (χ3v) is 4.08. The van der Waals surface area contributed by atoms with Crippen LogP contribution >= 0.6 is 0 Å². The molecular formula is C18H27N3O2. The topological polar surface area (TPSA) is 70.2 Å². The second-order valence-corrected chi connectivity index (χ2v) is 6.19. The maximum atomic E-state index is 12.0. The van der Waals surface area contributed by atoms with Crippen LogP contribution in [-0.2, 0) is 9.59 Å². The van der Waals surface area contributed by atoms with Crippen molar-refractivity contribution >= 4 is 23.2 Å². The number of carbonyl (C=O) groups is 2. The lowest BCUT2D eigenvalue weighted by atomic mass is 10.1. The zero-order valence-corrected chi connectivity index (χ0v) is 13.9. The van der Waals surface area contributed by atoms with Crippen molar-refractivity contribution in [2.24, 2.45) is 0 Å². The molecule has 0 spiro atoms. The highest BCUT2D eigenvalue weighted by atomic mass is 16.2. The average molecular weight is 317 g/mol. The van der Waals surface area contributed by atoms with Crippen LogP contribution in [0.1, 0.15) is 51.9 Å². The van der Waals surface area contributed by atoms with Gasteiger partial charge in [-0.05, 0) is 31.0 Å². The van der Waals surface area contributed by atoms with Crippen molar-refractivity contribution in [3.05, 3.63) is 24.3 Å². The van der Waals surface area contributed by atoms with Crippen molar-refractivity contribution in [1.29, 1.82) is 0 Å². The molecule has 1 aliphatic rings. The first-order valence-electron chi connectivity index (χ1n) is 8.54. The number of nitrogens with one attached hydrogen (secondary N) is 3. The first-order valence-corrected chi connectivity index (χ1v) is 8.54. The molecule has 23 heavy (non-hydrogen) atoms. The molecule has 1 saturated carbocycles. The van der Waals surface area contributed by atoms with E-state index in [1.54, 1.807) is 0 Å². The number of amides is 2. The minimum atomic E-state index is -0.0927. The van der Waals surface area contributed by atoms with E-state index in [2.05, 4.69) is 16.0 Å². The van der Waals surface area contributed by atoms with Crippen LogP contribution in [0.2, 0.25) is 0 Å². The molecule has 0 aromatic heterocycles. The van der Waals surface area contributed by atoms with Gasteiger partial charge in [-0.3, -0.25) is 9.59 Å². The fourth-order valence-electron chi connectivity index (χ4n) is 2.95. The van der Waals surface area contributed by atoms with Gasteiger partial charge in [0.15, 0.2) is 0 Å². The van der Waals surface area contributed by atoms with E-state index in [9.17, 15) is 9.59 Å². The molecule has 1 aromatic rings. The minimum Gasteiger partial charge on any atom is -0.384 e. The summed E-state index contributed by atoms with van der Waals surface area (Å²) in [7, 11) is 0. The quantitative estimate of drug-likeness (QED) is 0.705. The van der Waals surface area contributed by atoms with E-state index in [-0.39, 0.29) is 11.8 Å². The minimum absolute atomic E-state index is 0.0927. The second kappa shape index (κ2) is 9.18. The maximum absolute atomic E-state index is 12.0. The van der Waals surface area contributed by atoms with Gasteiger partial charge in [-0.25, -0.2) is 0 Å². The van der Waals surface area contributed by atoms with Gasteiger partial charge in [0.25, 0.3) is 0 Å². The van der Waals surface area contributed by atoms with E-state index in [1.165, 1.54) is 32.6 Å². The lowest BCUT2D eigenvalue weighted by Crippen LogP contribution is -2.35. The number of carbonyl (C=O) groups excluding carboxylic acids is 2. The van der Waals surface area contributed by atoms with Crippen molar-refractivity contribution in [3.63, 3.8) is 0 Å². The van der Waals surface area contributed by atoms with Crippen molar-refractivity contribution in [3.8, 4) is 0 Å². The van der Waals surface area contributed by atoms with Crippen LogP contribution in [0, 0.1) is 0 Å². The number of rotatable bonds is 6. The summed E-state index contributed by atoms with van der Waals surface area (Å²) < 4.78 is 0. The standard InChI is InChI=1S/C18H27N3O2/c1-14(22)20-17-10-6-9-16(13-17)19-12-11-18(23)21-15-7-4-2-3-5-8-15/h6,9-10,13,15,19H,2-5,7-8,11-12H2,1H3,(H,20,22)(H,21,23). The van der Waals surface area contributed by atoms with Crippen molar-refractivity contribution in [2.75, 3.05) is 17.2 Å². The van der Waals surface area contributed by atoms with Crippen molar-refractivity contribution in [1.82, 2.24) is 5.32 Å². The van der Waals surface area contributed by atoms with Gasteiger partial charge in [0.1, 0.15) is 0 Å². The summed E-state index contributed by atoms with van der Waals surface area (Å²) in [5.74, 6) is 0.0207. The molecule has 1 fully saturated rings. The van der Waals surface area contributed by atoms with Crippen molar-refractivity contribution < 1.29 is 9.59 Å². The summed E-state index contributed by atoms with van der Waals surface area (Å²) in [6, 6.07) is 7.86. The van der Waals surface area contributed by atoms with E-state index < -0.39 is 0 Å². The Morgan fingerprint density at radius 1 is 1.09 bits per heavy atom. The van der Waals surface area contributed by atoms with E-state index in [4.69, 9.17) is 0 Å². The summed E-state index contributed by atoms with van der Waals surface area (Å²) in [5.41, 5.74) is 1.66. The molecule has 3 N–H and O–H groups in total. The predicted molar refractivity (Wildman–Crippen MR) is 93.5 cm³/mol. The van der Waals surface area contributed by atoms with Gasteiger partial charge in [-0.2, -0.15) is 0 Å². The van der Waals surface area contributed by atoms with Gasteiger partial charge in [-0.15, -0.1) is 0 Å². The molecule has 5 heteroatoms. The number of anilines is 2. The van der Waals surface area contributed by atoms with Crippen LogP contribution in [0.15, 0.2) is 24.3 Å². The third kappa shape index (κ3) is 6.72. The van der Waals surface area contributed by atoms with Crippen LogP contribution < -0.4 is 16.0 Å². The fraction of sp³-hybridized carbons (Fsp3) is 0.556. The molecule has 0 unspecified atom stereocenters. The average Bonchev–Trinajstić information content (AvgIpc) is 2.75. The summed E-state index contributed by atoms with van der Waals surface area (Å²) in [6.45, 7) is 2.07. The zero-order chi connectivity index (χ0) is 16.5. The van der Waals surface area contributed by atoms with Gasteiger partial charge in [0.05, 0.1) is 0 Å². The molecule has 0 saturated heterocycles. The SMILES string of the molecule is CC(=O)Nc1cccc(NCCC(=O)NC2CCCCCC2)c1. The Labute approximate surface area is 138 Å². The molecule has 0 radical (unpaired) electrons. The molecule has 2 amide bonds. The Kier molecular flexibility index (Phi) is 6.91. The lowest BCUT2D eigenvalue weighted by Gasteiger charge is -2.16. The maximum Gasteiger partial charge on any atom is 0.221 e. The van der Waals surface area contributed by atoms with Gasteiger partial charge in [0.2, 0.25) is 11.8 Å². The highest BCUT2D eigenvalue weighted by Crippen LogP contribution is 2.17. The Morgan fingerprint density at radius 3 is 2.48 bits per heavy atom.